The first kappa shape index (κ1) is 11.7. The fourth-order valence-electron chi connectivity index (χ4n) is 2.05. The summed E-state index contributed by atoms with van der Waals surface area (Å²) in [6.45, 7) is 6.32. The van der Waals surface area contributed by atoms with Crippen LogP contribution in [0, 0.1) is 20.8 Å². The van der Waals surface area contributed by atoms with Crippen LogP contribution in [0.1, 0.15) is 22.8 Å². The van der Waals surface area contributed by atoms with Gasteiger partial charge in [-0.15, -0.1) is 0 Å². The maximum atomic E-state index is 5.21. The van der Waals surface area contributed by atoms with Gasteiger partial charge in [0.25, 0.3) is 5.89 Å². The van der Waals surface area contributed by atoms with Crippen molar-refractivity contribution in [1.82, 2.24) is 19.9 Å². The highest BCUT2D eigenvalue weighted by molar-refractivity contribution is 5.48. The summed E-state index contributed by atoms with van der Waals surface area (Å²) in [7, 11) is 0. The summed E-state index contributed by atoms with van der Waals surface area (Å²) in [4.78, 5) is 4.25. The van der Waals surface area contributed by atoms with Gasteiger partial charge in [-0.25, -0.2) is 0 Å². The average Bonchev–Trinajstić information content (AvgIpc) is 3.06. The fraction of sp³-hybridized carbons (Fsp3) is 0.308. The van der Waals surface area contributed by atoms with Crippen molar-refractivity contribution in [2.24, 2.45) is 0 Å². The van der Waals surface area contributed by atoms with Gasteiger partial charge in [-0.05, 0) is 32.9 Å². The second kappa shape index (κ2) is 4.38. The van der Waals surface area contributed by atoms with E-state index < -0.39 is 0 Å². The van der Waals surface area contributed by atoms with Crippen molar-refractivity contribution in [2.45, 2.75) is 27.3 Å². The smallest absolute Gasteiger partial charge is 0.274 e. The van der Waals surface area contributed by atoms with Gasteiger partial charge >= 0.3 is 0 Å². The SMILES string of the molecule is Cc1noc(-c2cccn2Cc2c(C)noc2C)n1. The molecule has 0 atom stereocenters. The molecule has 98 valence electrons. The van der Waals surface area contributed by atoms with Crippen LogP contribution in [-0.4, -0.2) is 19.9 Å². The topological polar surface area (TPSA) is 69.9 Å². The van der Waals surface area contributed by atoms with Crippen LogP contribution in [0.4, 0.5) is 0 Å². The van der Waals surface area contributed by atoms with Crippen LogP contribution in [0.15, 0.2) is 27.4 Å². The Bertz CT molecular complexity index is 688. The molecule has 0 aliphatic heterocycles. The van der Waals surface area contributed by atoms with Gasteiger partial charge in [0.05, 0.1) is 12.2 Å². The van der Waals surface area contributed by atoms with Gasteiger partial charge in [-0.2, -0.15) is 4.98 Å². The fourth-order valence-corrected chi connectivity index (χ4v) is 2.05. The lowest BCUT2D eigenvalue weighted by atomic mass is 10.2. The van der Waals surface area contributed by atoms with Crippen molar-refractivity contribution < 1.29 is 9.05 Å². The maximum absolute atomic E-state index is 5.21. The van der Waals surface area contributed by atoms with Crippen molar-refractivity contribution in [2.75, 3.05) is 0 Å². The van der Waals surface area contributed by atoms with Crippen LogP contribution in [0.25, 0.3) is 11.6 Å². The lowest BCUT2D eigenvalue weighted by Gasteiger charge is -2.05. The van der Waals surface area contributed by atoms with E-state index in [9.17, 15) is 0 Å². The van der Waals surface area contributed by atoms with Crippen molar-refractivity contribution in [3.05, 3.63) is 41.2 Å². The lowest BCUT2D eigenvalue weighted by Crippen LogP contribution is -2.02. The van der Waals surface area contributed by atoms with Crippen molar-refractivity contribution in [3.63, 3.8) is 0 Å². The van der Waals surface area contributed by atoms with Crippen LogP contribution >= 0.6 is 0 Å². The minimum Gasteiger partial charge on any atom is -0.361 e. The zero-order chi connectivity index (χ0) is 13.4. The summed E-state index contributed by atoms with van der Waals surface area (Å²) < 4.78 is 12.4. The molecular weight excluding hydrogens is 244 g/mol. The molecule has 0 aliphatic carbocycles. The summed E-state index contributed by atoms with van der Waals surface area (Å²) in [6, 6.07) is 3.90. The van der Waals surface area contributed by atoms with E-state index in [0.29, 0.717) is 18.3 Å². The van der Waals surface area contributed by atoms with Gasteiger partial charge in [-0.3, -0.25) is 0 Å². The molecule has 19 heavy (non-hydrogen) atoms. The lowest BCUT2D eigenvalue weighted by molar-refractivity contribution is 0.392. The highest BCUT2D eigenvalue weighted by Crippen LogP contribution is 2.21. The Morgan fingerprint density at radius 2 is 2.00 bits per heavy atom. The van der Waals surface area contributed by atoms with Gasteiger partial charge < -0.3 is 13.6 Å². The first-order valence-electron chi connectivity index (χ1n) is 6.02. The van der Waals surface area contributed by atoms with E-state index in [0.717, 1.165) is 22.7 Å². The predicted molar refractivity (Wildman–Crippen MR) is 67.5 cm³/mol. The normalized spacial score (nSPS) is 11.1. The average molecular weight is 258 g/mol. The molecule has 3 aromatic heterocycles. The highest BCUT2D eigenvalue weighted by Gasteiger charge is 2.14. The zero-order valence-corrected chi connectivity index (χ0v) is 11.0. The molecule has 0 aromatic carbocycles. The van der Waals surface area contributed by atoms with Crippen molar-refractivity contribution >= 4 is 0 Å². The van der Waals surface area contributed by atoms with Crippen LogP contribution in [0.3, 0.4) is 0 Å². The van der Waals surface area contributed by atoms with Gasteiger partial charge in [0.15, 0.2) is 5.82 Å². The highest BCUT2D eigenvalue weighted by atomic mass is 16.5. The van der Waals surface area contributed by atoms with Crippen LogP contribution in [0.2, 0.25) is 0 Å². The molecule has 3 heterocycles. The van der Waals surface area contributed by atoms with Crippen LogP contribution < -0.4 is 0 Å². The molecule has 0 aliphatic rings. The minimum absolute atomic E-state index is 0.522. The Hall–Kier alpha value is -2.37. The summed E-state index contributed by atoms with van der Waals surface area (Å²) >= 11 is 0. The molecule has 6 nitrogen and oxygen atoms in total. The molecule has 0 saturated carbocycles. The molecule has 3 aromatic rings. The molecule has 0 fully saturated rings. The summed E-state index contributed by atoms with van der Waals surface area (Å²) in [6.07, 6.45) is 1.97. The van der Waals surface area contributed by atoms with Gasteiger partial charge in [0, 0.05) is 11.8 Å². The third kappa shape index (κ3) is 2.05. The van der Waals surface area contributed by atoms with Crippen LogP contribution in [0.5, 0.6) is 0 Å². The summed E-state index contributed by atoms with van der Waals surface area (Å²) in [5.41, 5.74) is 2.87. The molecule has 3 rings (SSSR count). The standard InChI is InChI=1S/C13H14N4O2/c1-8-11(9(2)18-15-8)7-17-6-4-5-12(17)13-14-10(3)16-19-13/h4-6H,7H2,1-3H3. The molecule has 0 bridgehead atoms. The second-order valence-electron chi connectivity index (χ2n) is 4.47. The van der Waals surface area contributed by atoms with E-state index in [2.05, 4.69) is 15.3 Å². The molecule has 6 heteroatoms. The first-order chi connectivity index (χ1) is 9.15. The molecule has 0 radical (unpaired) electrons. The minimum atomic E-state index is 0.522. The van der Waals surface area contributed by atoms with Gasteiger partial charge in [0.2, 0.25) is 0 Å². The van der Waals surface area contributed by atoms with E-state index in [1.807, 2.05) is 36.7 Å². The van der Waals surface area contributed by atoms with E-state index in [1.165, 1.54) is 0 Å². The molecule has 0 unspecified atom stereocenters. The molecule has 0 spiro atoms. The Balaban J connectivity index is 1.97. The number of nitrogens with zero attached hydrogens (tertiary/aromatic N) is 4. The van der Waals surface area contributed by atoms with Gasteiger partial charge in [0.1, 0.15) is 11.5 Å². The van der Waals surface area contributed by atoms with E-state index in [4.69, 9.17) is 9.05 Å². The number of hydrogen-bond donors (Lipinski definition) is 0. The Kier molecular flexibility index (Phi) is 2.70. The first-order valence-corrected chi connectivity index (χ1v) is 6.02. The predicted octanol–water partition coefficient (Wildman–Crippen LogP) is 2.50. The third-order valence-electron chi connectivity index (χ3n) is 3.09. The zero-order valence-electron chi connectivity index (χ0n) is 11.0. The van der Waals surface area contributed by atoms with E-state index in [-0.39, 0.29) is 0 Å². The number of aromatic nitrogens is 4. The second-order valence-corrected chi connectivity index (χ2v) is 4.47. The van der Waals surface area contributed by atoms with E-state index >= 15 is 0 Å². The maximum Gasteiger partial charge on any atom is 0.274 e. The molecule has 0 amide bonds. The third-order valence-corrected chi connectivity index (χ3v) is 3.09. The largest absolute Gasteiger partial charge is 0.361 e. The Morgan fingerprint density at radius 1 is 1.16 bits per heavy atom. The van der Waals surface area contributed by atoms with Gasteiger partial charge in [-0.1, -0.05) is 10.3 Å². The Labute approximate surface area is 110 Å². The molecule has 0 saturated heterocycles. The molecular formula is C13H14N4O2. The van der Waals surface area contributed by atoms with E-state index in [1.54, 1.807) is 6.92 Å². The van der Waals surface area contributed by atoms with Crippen LogP contribution in [-0.2, 0) is 6.54 Å². The number of hydrogen-bond acceptors (Lipinski definition) is 5. The van der Waals surface area contributed by atoms with Crippen molar-refractivity contribution in [3.8, 4) is 11.6 Å². The monoisotopic (exact) mass is 258 g/mol. The summed E-state index contributed by atoms with van der Waals surface area (Å²) in [5, 5.41) is 7.78. The Morgan fingerprint density at radius 3 is 2.63 bits per heavy atom. The van der Waals surface area contributed by atoms with Crippen molar-refractivity contribution in [1.29, 1.82) is 0 Å². The summed E-state index contributed by atoms with van der Waals surface area (Å²) in [5.74, 6) is 1.98. The number of rotatable bonds is 3. The quantitative estimate of drug-likeness (QED) is 0.721. The number of aryl methyl sites for hydroxylation is 3. The molecule has 0 N–H and O–H groups in total.